The lowest BCUT2D eigenvalue weighted by Gasteiger charge is -2.22. The molecule has 0 radical (unpaired) electrons. The highest BCUT2D eigenvalue weighted by molar-refractivity contribution is 6.03. The van der Waals surface area contributed by atoms with Gasteiger partial charge in [0.25, 0.3) is 5.91 Å². The summed E-state index contributed by atoms with van der Waals surface area (Å²) in [6, 6.07) is 6.78. The van der Waals surface area contributed by atoms with Crippen molar-refractivity contribution in [2.24, 2.45) is 11.7 Å². The van der Waals surface area contributed by atoms with Crippen LogP contribution in [-0.2, 0) is 9.59 Å². The molecule has 2 amide bonds. The zero-order chi connectivity index (χ0) is 19.0. The second-order valence-corrected chi connectivity index (χ2v) is 5.25. The number of aliphatic carboxylic acids is 1. The Labute approximate surface area is 141 Å². The fourth-order valence-electron chi connectivity index (χ4n) is 2.12. The largest absolute Gasteiger partial charge is 0.490 e. The van der Waals surface area contributed by atoms with Gasteiger partial charge >= 0.3 is 12.1 Å². The second kappa shape index (κ2) is 9.02. The van der Waals surface area contributed by atoms with Crippen LogP contribution in [0.25, 0.3) is 0 Å². The van der Waals surface area contributed by atoms with E-state index in [1.165, 1.54) is 0 Å². The fourth-order valence-corrected chi connectivity index (χ4v) is 2.12. The third kappa shape index (κ3) is 6.79. The van der Waals surface area contributed by atoms with Crippen LogP contribution >= 0.6 is 0 Å². The van der Waals surface area contributed by atoms with Crippen molar-refractivity contribution in [3.8, 4) is 0 Å². The first-order chi connectivity index (χ1) is 11.6. The highest BCUT2D eigenvalue weighted by Crippen LogP contribution is 2.17. The van der Waals surface area contributed by atoms with Gasteiger partial charge in [0.05, 0.1) is 17.2 Å². The van der Waals surface area contributed by atoms with Crippen molar-refractivity contribution in [1.29, 1.82) is 0 Å². The Bertz CT molecular complexity index is 629. The van der Waals surface area contributed by atoms with E-state index in [1.54, 1.807) is 24.3 Å². The molecule has 0 saturated carbocycles. The lowest BCUT2D eigenvalue weighted by Crippen LogP contribution is -2.37. The van der Waals surface area contributed by atoms with E-state index < -0.39 is 18.1 Å². The van der Waals surface area contributed by atoms with Crippen LogP contribution in [-0.4, -0.2) is 42.2 Å². The Morgan fingerprint density at radius 1 is 1.24 bits per heavy atom. The maximum Gasteiger partial charge on any atom is 0.490 e. The summed E-state index contributed by atoms with van der Waals surface area (Å²) in [5, 5.41) is 13.1. The summed E-state index contributed by atoms with van der Waals surface area (Å²) < 4.78 is 31.7. The van der Waals surface area contributed by atoms with Gasteiger partial charge in [-0.25, -0.2) is 4.79 Å². The Morgan fingerprint density at radius 2 is 1.84 bits per heavy atom. The monoisotopic (exact) mass is 361 g/mol. The van der Waals surface area contributed by atoms with E-state index in [0.717, 1.165) is 19.4 Å². The van der Waals surface area contributed by atoms with Gasteiger partial charge in [-0.2, -0.15) is 13.2 Å². The molecule has 0 aliphatic carbocycles. The molecule has 1 aliphatic heterocycles. The van der Waals surface area contributed by atoms with Crippen molar-refractivity contribution in [3.05, 3.63) is 29.8 Å². The molecule has 1 aromatic carbocycles. The molecular formula is C15H18F3N3O4. The molecule has 1 atom stereocenters. The van der Waals surface area contributed by atoms with Gasteiger partial charge in [0.15, 0.2) is 0 Å². The predicted octanol–water partition coefficient (Wildman–Crippen LogP) is 1.36. The second-order valence-electron chi connectivity index (χ2n) is 5.25. The number of hydrogen-bond donors (Lipinski definition) is 4. The van der Waals surface area contributed by atoms with E-state index in [0.29, 0.717) is 17.8 Å². The van der Waals surface area contributed by atoms with Crippen LogP contribution in [0.4, 0.5) is 18.9 Å². The topological polar surface area (TPSA) is 122 Å². The van der Waals surface area contributed by atoms with Crippen molar-refractivity contribution >= 4 is 23.5 Å². The molecule has 0 spiro atoms. The maximum absolute atomic E-state index is 12.0. The lowest BCUT2D eigenvalue weighted by molar-refractivity contribution is -0.192. The van der Waals surface area contributed by atoms with Crippen LogP contribution in [0.5, 0.6) is 0 Å². The number of anilines is 1. The van der Waals surface area contributed by atoms with Crippen LogP contribution in [0.1, 0.15) is 23.2 Å². The minimum atomic E-state index is -5.08. The molecule has 7 nitrogen and oxygen atoms in total. The molecular weight excluding hydrogens is 343 g/mol. The Hall–Kier alpha value is -2.62. The van der Waals surface area contributed by atoms with Crippen molar-refractivity contribution in [2.75, 3.05) is 18.4 Å². The number of halogens is 3. The van der Waals surface area contributed by atoms with E-state index >= 15 is 0 Å². The predicted molar refractivity (Wildman–Crippen MR) is 82.9 cm³/mol. The SMILES string of the molecule is NC(=O)c1ccccc1NC(=O)C1CCCNC1.O=C(O)C(F)(F)F. The van der Waals surface area contributed by atoms with E-state index in [-0.39, 0.29) is 11.8 Å². The van der Waals surface area contributed by atoms with Crippen molar-refractivity contribution in [3.63, 3.8) is 0 Å². The molecule has 1 aromatic rings. The summed E-state index contributed by atoms with van der Waals surface area (Å²) in [5.74, 6) is -3.39. The number of carboxylic acids is 1. The smallest absolute Gasteiger partial charge is 0.475 e. The van der Waals surface area contributed by atoms with Crippen molar-refractivity contribution in [2.45, 2.75) is 19.0 Å². The average molecular weight is 361 g/mol. The van der Waals surface area contributed by atoms with Gasteiger partial charge in [0, 0.05) is 6.54 Å². The molecule has 1 aliphatic rings. The minimum absolute atomic E-state index is 0.0420. The molecule has 1 fully saturated rings. The highest BCUT2D eigenvalue weighted by Gasteiger charge is 2.38. The van der Waals surface area contributed by atoms with Crippen molar-refractivity contribution in [1.82, 2.24) is 5.32 Å². The standard InChI is InChI=1S/C13H17N3O2.C2HF3O2/c14-12(17)10-5-1-2-6-11(10)16-13(18)9-4-3-7-15-8-9;3-2(4,5)1(6)7/h1-2,5-6,9,15H,3-4,7-8H2,(H2,14,17)(H,16,18);(H,6,7). The summed E-state index contributed by atoms with van der Waals surface area (Å²) >= 11 is 0. The van der Waals surface area contributed by atoms with Crippen LogP contribution in [0.15, 0.2) is 24.3 Å². The Balaban J connectivity index is 0.000000381. The molecule has 1 saturated heterocycles. The number of alkyl halides is 3. The first-order valence-electron chi connectivity index (χ1n) is 7.33. The molecule has 25 heavy (non-hydrogen) atoms. The van der Waals surface area contributed by atoms with Crippen LogP contribution in [0.2, 0.25) is 0 Å². The van der Waals surface area contributed by atoms with Gasteiger partial charge in [0.2, 0.25) is 5.91 Å². The number of carbonyl (C=O) groups is 3. The number of carboxylic acid groups (broad SMARTS) is 1. The first-order valence-corrected chi connectivity index (χ1v) is 7.33. The number of nitrogens with two attached hydrogens (primary N) is 1. The number of piperidine rings is 1. The van der Waals surface area contributed by atoms with Gasteiger partial charge in [-0.3, -0.25) is 9.59 Å². The molecule has 10 heteroatoms. The Morgan fingerprint density at radius 3 is 2.32 bits per heavy atom. The maximum atomic E-state index is 12.0. The van der Waals surface area contributed by atoms with Crippen LogP contribution in [0, 0.1) is 5.92 Å². The number of rotatable bonds is 3. The average Bonchev–Trinajstić information content (AvgIpc) is 2.55. The summed E-state index contributed by atoms with van der Waals surface area (Å²) in [5.41, 5.74) is 6.10. The zero-order valence-electron chi connectivity index (χ0n) is 13.1. The van der Waals surface area contributed by atoms with E-state index in [1.807, 2.05) is 0 Å². The van der Waals surface area contributed by atoms with Gasteiger partial charge in [-0.05, 0) is 31.5 Å². The number of hydrogen-bond acceptors (Lipinski definition) is 4. The normalized spacial score (nSPS) is 17.0. The number of carbonyl (C=O) groups excluding carboxylic acids is 2. The minimum Gasteiger partial charge on any atom is -0.475 e. The van der Waals surface area contributed by atoms with Gasteiger partial charge in [-0.1, -0.05) is 12.1 Å². The fraction of sp³-hybridized carbons (Fsp3) is 0.400. The van der Waals surface area contributed by atoms with Crippen LogP contribution < -0.4 is 16.4 Å². The molecule has 0 aromatic heterocycles. The van der Waals surface area contributed by atoms with E-state index in [9.17, 15) is 22.8 Å². The molecule has 1 unspecified atom stereocenters. The number of para-hydroxylation sites is 1. The number of amides is 2. The zero-order valence-corrected chi connectivity index (χ0v) is 13.1. The van der Waals surface area contributed by atoms with Gasteiger partial charge in [0.1, 0.15) is 0 Å². The molecule has 0 bridgehead atoms. The number of nitrogens with one attached hydrogen (secondary N) is 2. The first kappa shape index (κ1) is 20.4. The quantitative estimate of drug-likeness (QED) is 0.648. The van der Waals surface area contributed by atoms with E-state index in [2.05, 4.69) is 10.6 Å². The van der Waals surface area contributed by atoms with Gasteiger partial charge in [-0.15, -0.1) is 0 Å². The van der Waals surface area contributed by atoms with Gasteiger partial charge < -0.3 is 21.5 Å². The number of benzene rings is 1. The molecule has 1 heterocycles. The Kier molecular flexibility index (Phi) is 7.37. The summed E-state index contributed by atoms with van der Waals surface area (Å²) in [7, 11) is 0. The molecule has 5 N–H and O–H groups in total. The van der Waals surface area contributed by atoms with E-state index in [4.69, 9.17) is 15.6 Å². The number of primary amides is 1. The highest BCUT2D eigenvalue weighted by atomic mass is 19.4. The third-order valence-corrected chi connectivity index (χ3v) is 3.36. The summed E-state index contributed by atoms with van der Waals surface area (Å²) in [6.07, 6.45) is -3.22. The summed E-state index contributed by atoms with van der Waals surface area (Å²) in [6.45, 7) is 1.65. The third-order valence-electron chi connectivity index (χ3n) is 3.36. The summed E-state index contributed by atoms with van der Waals surface area (Å²) in [4.78, 5) is 32.2. The van der Waals surface area contributed by atoms with Crippen LogP contribution in [0.3, 0.4) is 0 Å². The molecule has 138 valence electrons. The molecule has 2 rings (SSSR count). The lowest BCUT2D eigenvalue weighted by atomic mass is 9.98. The van der Waals surface area contributed by atoms with Crippen molar-refractivity contribution < 1.29 is 32.7 Å².